The van der Waals surface area contributed by atoms with Crippen molar-refractivity contribution in [2.24, 2.45) is 5.73 Å². The van der Waals surface area contributed by atoms with Gasteiger partial charge >= 0.3 is 0 Å². The van der Waals surface area contributed by atoms with Crippen LogP contribution in [-0.2, 0) is 11.2 Å². The predicted molar refractivity (Wildman–Crippen MR) is 106 cm³/mol. The maximum Gasteiger partial charge on any atom is 0.241 e. The molecule has 5 nitrogen and oxygen atoms in total. The molecular formula is C20H18N4OS. The van der Waals surface area contributed by atoms with Gasteiger partial charge in [0.05, 0.1) is 17.1 Å². The van der Waals surface area contributed by atoms with Crippen molar-refractivity contribution in [1.82, 2.24) is 9.55 Å². The van der Waals surface area contributed by atoms with E-state index in [1.54, 1.807) is 17.7 Å². The molecule has 1 amide bonds. The summed E-state index contributed by atoms with van der Waals surface area (Å²) in [5.41, 5.74) is 9.71. The van der Waals surface area contributed by atoms with Gasteiger partial charge < -0.3 is 11.1 Å². The number of carbonyl (C=O) groups is 1. The Morgan fingerprint density at radius 1 is 1.12 bits per heavy atom. The highest BCUT2D eigenvalue weighted by atomic mass is 32.1. The van der Waals surface area contributed by atoms with E-state index in [2.05, 4.69) is 10.3 Å². The Morgan fingerprint density at radius 3 is 2.69 bits per heavy atom. The summed E-state index contributed by atoms with van der Waals surface area (Å²) in [6.45, 7) is 0. The molecule has 0 aliphatic carbocycles. The van der Waals surface area contributed by atoms with E-state index in [4.69, 9.17) is 5.73 Å². The van der Waals surface area contributed by atoms with Gasteiger partial charge in [-0.15, -0.1) is 11.3 Å². The van der Waals surface area contributed by atoms with Gasteiger partial charge in [0.25, 0.3) is 0 Å². The second kappa shape index (κ2) is 7.11. The van der Waals surface area contributed by atoms with Crippen molar-refractivity contribution in [1.29, 1.82) is 0 Å². The average Bonchev–Trinajstić information content (AvgIpc) is 3.32. The van der Waals surface area contributed by atoms with E-state index < -0.39 is 6.04 Å². The molecule has 26 heavy (non-hydrogen) atoms. The third kappa shape index (κ3) is 3.37. The van der Waals surface area contributed by atoms with E-state index in [0.29, 0.717) is 6.42 Å². The number of hydrogen-bond acceptors (Lipinski definition) is 4. The Balaban J connectivity index is 1.47. The number of benzene rings is 2. The Labute approximate surface area is 155 Å². The first-order chi connectivity index (χ1) is 12.7. The van der Waals surface area contributed by atoms with Crippen molar-refractivity contribution in [2.45, 2.75) is 12.5 Å². The predicted octanol–water partition coefficient (Wildman–Crippen LogP) is 3.60. The van der Waals surface area contributed by atoms with Crippen LogP contribution in [0.25, 0.3) is 16.7 Å². The number of amides is 1. The second-order valence-electron chi connectivity index (χ2n) is 6.03. The zero-order valence-corrected chi connectivity index (χ0v) is 14.8. The number of thiophene rings is 1. The standard InChI is InChI=1S/C20H18N4OS/c21-17(12-16-4-3-11-26-16)20(25)23-14-7-9-15(10-8-14)24-13-22-18-5-1-2-6-19(18)24/h1-11,13,17H,12,21H2,(H,23,25). The van der Waals surface area contributed by atoms with E-state index >= 15 is 0 Å². The van der Waals surface area contributed by atoms with Crippen LogP contribution < -0.4 is 11.1 Å². The van der Waals surface area contributed by atoms with Gasteiger partial charge in [0.1, 0.15) is 6.33 Å². The molecule has 2 aromatic heterocycles. The highest BCUT2D eigenvalue weighted by Crippen LogP contribution is 2.20. The summed E-state index contributed by atoms with van der Waals surface area (Å²) < 4.78 is 2.02. The lowest BCUT2D eigenvalue weighted by atomic mass is 10.1. The molecule has 0 fully saturated rings. The van der Waals surface area contributed by atoms with Crippen molar-refractivity contribution >= 4 is 34.0 Å². The summed E-state index contributed by atoms with van der Waals surface area (Å²) in [5, 5.41) is 4.86. The first-order valence-electron chi connectivity index (χ1n) is 8.32. The fourth-order valence-electron chi connectivity index (χ4n) is 2.84. The molecule has 3 N–H and O–H groups in total. The molecule has 0 spiro atoms. The van der Waals surface area contributed by atoms with Crippen LogP contribution in [0.2, 0.25) is 0 Å². The molecule has 0 radical (unpaired) electrons. The number of nitrogens with two attached hydrogens (primary N) is 1. The fraction of sp³-hybridized carbons (Fsp3) is 0.100. The number of rotatable bonds is 5. The number of anilines is 1. The number of nitrogens with one attached hydrogen (secondary N) is 1. The Bertz CT molecular complexity index is 1020. The number of aromatic nitrogens is 2. The molecule has 0 aliphatic rings. The molecule has 1 atom stereocenters. The van der Waals surface area contributed by atoms with Gasteiger partial charge in [-0.05, 0) is 47.8 Å². The van der Waals surface area contributed by atoms with Crippen LogP contribution >= 0.6 is 11.3 Å². The zero-order chi connectivity index (χ0) is 17.9. The normalized spacial score (nSPS) is 12.2. The lowest BCUT2D eigenvalue weighted by Crippen LogP contribution is -2.37. The molecule has 2 aromatic carbocycles. The van der Waals surface area contributed by atoms with Crippen molar-refractivity contribution in [3.8, 4) is 5.69 Å². The van der Waals surface area contributed by atoms with Gasteiger partial charge in [0.2, 0.25) is 5.91 Å². The van der Waals surface area contributed by atoms with E-state index in [-0.39, 0.29) is 5.91 Å². The minimum atomic E-state index is -0.564. The lowest BCUT2D eigenvalue weighted by Gasteiger charge is -2.12. The number of nitrogens with zero attached hydrogens (tertiary/aromatic N) is 2. The summed E-state index contributed by atoms with van der Waals surface area (Å²) in [6, 6.07) is 19.0. The molecule has 130 valence electrons. The molecule has 0 bridgehead atoms. The minimum Gasteiger partial charge on any atom is -0.325 e. The molecule has 0 aliphatic heterocycles. The third-order valence-electron chi connectivity index (χ3n) is 4.20. The topological polar surface area (TPSA) is 72.9 Å². The Hall–Kier alpha value is -2.96. The monoisotopic (exact) mass is 362 g/mol. The van der Waals surface area contributed by atoms with Gasteiger partial charge in [-0.2, -0.15) is 0 Å². The summed E-state index contributed by atoms with van der Waals surface area (Å²) in [5.74, 6) is -0.181. The number of hydrogen-bond donors (Lipinski definition) is 2. The van der Waals surface area contributed by atoms with Crippen molar-refractivity contribution in [3.05, 3.63) is 77.2 Å². The first-order valence-corrected chi connectivity index (χ1v) is 9.20. The summed E-state index contributed by atoms with van der Waals surface area (Å²) in [4.78, 5) is 17.8. The molecule has 6 heteroatoms. The van der Waals surface area contributed by atoms with Crippen LogP contribution in [0.4, 0.5) is 5.69 Å². The van der Waals surface area contributed by atoms with E-state index in [9.17, 15) is 4.79 Å². The molecule has 4 rings (SSSR count). The summed E-state index contributed by atoms with van der Waals surface area (Å²) in [7, 11) is 0. The lowest BCUT2D eigenvalue weighted by molar-refractivity contribution is -0.117. The van der Waals surface area contributed by atoms with Crippen molar-refractivity contribution in [2.75, 3.05) is 5.32 Å². The molecule has 0 saturated heterocycles. The van der Waals surface area contributed by atoms with E-state index in [0.717, 1.165) is 27.3 Å². The molecule has 4 aromatic rings. The smallest absolute Gasteiger partial charge is 0.241 e. The van der Waals surface area contributed by atoms with Crippen LogP contribution in [0, 0.1) is 0 Å². The largest absolute Gasteiger partial charge is 0.325 e. The minimum absolute atomic E-state index is 0.181. The van der Waals surface area contributed by atoms with Crippen LogP contribution in [0.1, 0.15) is 4.88 Å². The van der Waals surface area contributed by atoms with E-state index in [1.165, 1.54) is 0 Å². The van der Waals surface area contributed by atoms with Gasteiger partial charge in [0.15, 0.2) is 0 Å². The zero-order valence-electron chi connectivity index (χ0n) is 14.0. The first kappa shape index (κ1) is 16.5. The fourth-order valence-corrected chi connectivity index (χ4v) is 3.61. The van der Waals surface area contributed by atoms with Crippen molar-refractivity contribution < 1.29 is 4.79 Å². The van der Waals surface area contributed by atoms with Crippen LogP contribution in [0.15, 0.2) is 72.4 Å². The van der Waals surface area contributed by atoms with Gasteiger partial charge in [-0.3, -0.25) is 9.36 Å². The average molecular weight is 362 g/mol. The Morgan fingerprint density at radius 2 is 1.92 bits per heavy atom. The SMILES string of the molecule is NC(Cc1cccs1)C(=O)Nc1ccc(-n2cnc3ccccc32)cc1. The van der Waals surface area contributed by atoms with Crippen molar-refractivity contribution in [3.63, 3.8) is 0 Å². The van der Waals surface area contributed by atoms with Crippen LogP contribution in [0.5, 0.6) is 0 Å². The van der Waals surface area contributed by atoms with Crippen LogP contribution in [0.3, 0.4) is 0 Å². The Kier molecular flexibility index (Phi) is 4.51. The molecule has 0 saturated carbocycles. The van der Waals surface area contributed by atoms with Crippen LogP contribution in [-0.4, -0.2) is 21.5 Å². The number of para-hydroxylation sites is 2. The van der Waals surface area contributed by atoms with E-state index in [1.807, 2.05) is 70.6 Å². The summed E-state index contributed by atoms with van der Waals surface area (Å²) >= 11 is 1.61. The third-order valence-corrected chi connectivity index (χ3v) is 5.10. The second-order valence-corrected chi connectivity index (χ2v) is 7.06. The quantitative estimate of drug-likeness (QED) is 0.570. The van der Waals surface area contributed by atoms with Gasteiger partial charge in [-0.25, -0.2) is 4.98 Å². The number of carbonyl (C=O) groups excluding carboxylic acids is 1. The number of imidazole rings is 1. The summed E-state index contributed by atoms with van der Waals surface area (Å²) in [6.07, 6.45) is 2.35. The maximum absolute atomic E-state index is 12.3. The number of fused-ring (bicyclic) bond motifs is 1. The highest BCUT2D eigenvalue weighted by Gasteiger charge is 2.15. The molecule has 1 unspecified atom stereocenters. The molecular weight excluding hydrogens is 344 g/mol. The van der Waals surface area contributed by atoms with Gasteiger partial charge in [-0.1, -0.05) is 18.2 Å². The maximum atomic E-state index is 12.3. The van der Waals surface area contributed by atoms with Gasteiger partial charge in [0, 0.05) is 22.7 Å². The highest BCUT2D eigenvalue weighted by molar-refractivity contribution is 7.09. The molecule has 2 heterocycles.